The minimum atomic E-state index is 0.117. The molecule has 1 aromatic heterocycles. The quantitative estimate of drug-likeness (QED) is 0.377. The molecule has 0 saturated carbocycles. The van der Waals surface area contributed by atoms with Gasteiger partial charge in [-0.15, -0.1) is 0 Å². The van der Waals surface area contributed by atoms with Gasteiger partial charge in [-0.2, -0.15) is 0 Å². The van der Waals surface area contributed by atoms with Crippen LogP contribution in [0.15, 0.2) is 0 Å². The van der Waals surface area contributed by atoms with Crippen molar-refractivity contribution in [2.75, 3.05) is 0 Å². The maximum atomic E-state index is 5.27. The topological polar surface area (TPSA) is 28.7 Å². The molecular weight excluding hydrogens is 316 g/mol. The fraction of sp³-hybridized carbons (Fsp3) is 0.875. The van der Waals surface area contributed by atoms with Gasteiger partial charge in [-0.05, 0) is 19.3 Å². The Balaban J connectivity index is 3.25. The van der Waals surface area contributed by atoms with E-state index in [9.17, 15) is 0 Å². The highest BCUT2D eigenvalue weighted by Crippen LogP contribution is 2.39. The van der Waals surface area contributed by atoms with Gasteiger partial charge in [0.05, 0.1) is 5.69 Å². The van der Waals surface area contributed by atoms with E-state index >= 15 is 0 Å². The molecule has 0 spiro atoms. The lowest BCUT2D eigenvalue weighted by Crippen LogP contribution is -2.26. The summed E-state index contributed by atoms with van der Waals surface area (Å²) < 4.78 is 0. The standard InChI is InChI=1S/C24H46N2/c1-10-13-15-17-23(6,7)20-19(22(4,5)12-3)25-21(26-20)24(8,9)18-16-14-11-2/h10-18H2,1-9H3,(H,25,26). The first-order valence-electron chi connectivity index (χ1n) is 11.1. The second-order valence-electron chi connectivity index (χ2n) is 10.2. The van der Waals surface area contributed by atoms with Crippen LogP contribution in [0.2, 0.25) is 0 Å². The van der Waals surface area contributed by atoms with Gasteiger partial charge >= 0.3 is 0 Å². The summed E-state index contributed by atoms with van der Waals surface area (Å²) in [5.74, 6) is 1.20. The molecule has 0 radical (unpaired) electrons. The SMILES string of the molecule is CCCCCC(C)(C)c1nc(C(C)(C)CCCCC)c(C(C)(C)CC)[nH]1. The molecule has 0 saturated heterocycles. The zero-order valence-electron chi connectivity index (χ0n) is 19.3. The summed E-state index contributed by atoms with van der Waals surface area (Å²) >= 11 is 0. The molecule has 0 aliphatic carbocycles. The van der Waals surface area contributed by atoms with Crippen LogP contribution >= 0.6 is 0 Å². The summed E-state index contributed by atoms with van der Waals surface area (Å²) in [6.07, 6.45) is 11.3. The highest BCUT2D eigenvalue weighted by atomic mass is 15.0. The van der Waals surface area contributed by atoms with Crippen LogP contribution in [0.4, 0.5) is 0 Å². The zero-order chi connectivity index (χ0) is 20.0. The van der Waals surface area contributed by atoms with Gasteiger partial charge in [0.15, 0.2) is 0 Å². The van der Waals surface area contributed by atoms with Crippen molar-refractivity contribution in [2.45, 2.75) is 136 Å². The van der Waals surface area contributed by atoms with E-state index in [-0.39, 0.29) is 16.2 Å². The highest BCUT2D eigenvalue weighted by Gasteiger charge is 2.36. The Morgan fingerprint density at radius 3 is 1.65 bits per heavy atom. The maximum Gasteiger partial charge on any atom is 0.112 e. The van der Waals surface area contributed by atoms with Crippen LogP contribution in [0.1, 0.15) is 137 Å². The van der Waals surface area contributed by atoms with Crippen LogP contribution in [0, 0.1) is 0 Å². The average molecular weight is 363 g/mol. The van der Waals surface area contributed by atoms with Gasteiger partial charge in [0, 0.05) is 21.9 Å². The summed E-state index contributed by atoms with van der Waals surface area (Å²) in [6.45, 7) is 21.1. The van der Waals surface area contributed by atoms with Crippen molar-refractivity contribution < 1.29 is 0 Å². The summed E-state index contributed by atoms with van der Waals surface area (Å²) in [7, 11) is 0. The third-order valence-corrected chi connectivity index (χ3v) is 6.36. The van der Waals surface area contributed by atoms with E-state index in [1.54, 1.807) is 0 Å². The normalized spacial score (nSPS) is 13.4. The first kappa shape index (κ1) is 23.2. The van der Waals surface area contributed by atoms with Crippen LogP contribution in [-0.2, 0) is 16.2 Å². The van der Waals surface area contributed by atoms with Gasteiger partial charge < -0.3 is 4.98 Å². The predicted molar refractivity (Wildman–Crippen MR) is 116 cm³/mol. The fourth-order valence-electron chi connectivity index (χ4n) is 3.72. The van der Waals surface area contributed by atoms with Crippen LogP contribution in [0.3, 0.4) is 0 Å². The monoisotopic (exact) mass is 362 g/mol. The van der Waals surface area contributed by atoms with Gasteiger partial charge in [-0.25, -0.2) is 4.98 Å². The third kappa shape index (κ3) is 5.86. The number of aromatic amines is 1. The van der Waals surface area contributed by atoms with Crippen molar-refractivity contribution >= 4 is 0 Å². The van der Waals surface area contributed by atoms with Crippen LogP contribution in [-0.4, -0.2) is 9.97 Å². The number of aromatic nitrogens is 2. The van der Waals surface area contributed by atoms with Gasteiger partial charge in [-0.1, -0.05) is 101 Å². The molecule has 0 amide bonds. The smallest absolute Gasteiger partial charge is 0.112 e. The molecule has 0 aliphatic heterocycles. The minimum absolute atomic E-state index is 0.117. The van der Waals surface area contributed by atoms with Gasteiger partial charge in [0.25, 0.3) is 0 Å². The van der Waals surface area contributed by atoms with Crippen molar-refractivity contribution in [1.29, 1.82) is 0 Å². The number of nitrogens with zero attached hydrogens (tertiary/aromatic N) is 1. The summed E-state index contributed by atoms with van der Waals surface area (Å²) in [5, 5.41) is 0. The van der Waals surface area contributed by atoms with Crippen LogP contribution in [0.5, 0.6) is 0 Å². The fourth-order valence-corrected chi connectivity index (χ4v) is 3.72. The van der Waals surface area contributed by atoms with E-state index < -0.39 is 0 Å². The van der Waals surface area contributed by atoms with Gasteiger partial charge in [-0.3, -0.25) is 0 Å². The lowest BCUT2D eigenvalue weighted by atomic mass is 9.76. The molecule has 1 heterocycles. The minimum Gasteiger partial charge on any atom is -0.345 e. The van der Waals surface area contributed by atoms with Gasteiger partial charge in [0.2, 0.25) is 0 Å². The van der Waals surface area contributed by atoms with Crippen molar-refractivity contribution in [3.05, 3.63) is 17.2 Å². The summed E-state index contributed by atoms with van der Waals surface area (Å²) in [5.41, 5.74) is 3.08. The first-order valence-corrected chi connectivity index (χ1v) is 11.1. The average Bonchev–Trinajstić information content (AvgIpc) is 3.03. The molecule has 2 nitrogen and oxygen atoms in total. The predicted octanol–water partition coefficient (Wildman–Crippen LogP) is 7.81. The third-order valence-electron chi connectivity index (χ3n) is 6.36. The van der Waals surface area contributed by atoms with Crippen molar-refractivity contribution in [2.24, 2.45) is 0 Å². The summed E-state index contributed by atoms with van der Waals surface area (Å²) in [6, 6.07) is 0. The molecule has 1 rings (SSSR count). The van der Waals surface area contributed by atoms with E-state index in [4.69, 9.17) is 4.98 Å². The molecule has 0 unspecified atom stereocenters. The zero-order valence-corrected chi connectivity index (χ0v) is 19.3. The number of H-pyrrole nitrogens is 1. The number of hydrogen-bond donors (Lipinski definition) is 1. The molecule has 0 aromatic carbocycles. The Kier molecular flexibility index (Phi) is 8.42. The first-order chi connectivity index (χ1) is 12.0. The van der Waals surface area contributed by atoms with E-state index in [0.717, 1.165) is 6.42 Å². The maximum absolute atomic E-state index is 5.27. The Morgan fingerprint density at radius 1 is 0.692 bits per heavy atom. The molecule has 0 aliphatic rings. The number of unbranched alkanes of at least 4 members (excludes halogenated alkanes) is 4. The molecule has 0 atom stereocenters. The second-order valence-corrected chi connectivity index (χ2v) is 10.2. The second kappa shape index (κ2) is 9.42. The largest absolute Gasteiger partial charge is 0.345 e. The van der Waals surface area contributed by atoms with Crippen LogP contribution < -0.4 is 0 Å². The number of hydrogen-bond acceptors (Lipinski definition) is 1. The number of imidazole rings is 1. The Morgan fingerprint density at radius 2 is 1.19 bits per heavy atom. The van der Waals surface area contributed by atoms with Gasteiger partial charge in [0.1, 0.15) is 5.82 Å². The number of nitrogens with one attached hydrogen (secondary N) is 1. The van der Waals surface area contributed by atoms with Crippen molar-refractivity contribution in [3.8, 4) is 0 Å². The molecule has 0 fully saturated rings. The van der Waals surface area contributed by atoms with E-state index in [0.29, 0.717) is 0 Å². The highest BCUT2D eigenvalue weighted by molar-refractivity contribution is 5.31. The molecule has 0 bridgehead atoms. The summed E-state index contributed by atoms with van der Waals surface area (Å²) in [4.78, 5) is 9.10. The van der Waals surface area contributed by atoms with E-state index in [2.05, 4.69) is 67.3 Å². The molecule has 2 heteroatoms. The molecule has 1 aromatic rings. The van der Waals surface area contributed by atoms with E-state index in [1.807, 2.05) is 0 Å². The van der Waals surface area contributed by atoms with Crippen molar-refractivity contribution in [1.82, 2.24) is 9.97 Å². The van der Waals surface area contributed by atoms with Crippen molar-refractivity contribution in [3.63, 3.8) is 0 Å². The molecule has 26 heavy (non-hydrogen) atoms. The lowest BCUT2D eigenvalue weighted by molar-refractivity contribution is 0.412. The Bertz CT molecular complexity index is 534. The molecule has 1 N–H and O–H groups in total. The Hall–Kier alpha value is -0.790. The lowest BCUT2D eigenvalue weighted by Gasteiger charge is -2.30. The Labute approximate surface area is 164 Å². The van der Waals surface area contributed by atoms with E-state index in [1.165, 1.54) is 68.6 Å². The molecular formula is C24H46N2. The number of rotatable bonds is 12. The van der Waals surface area contributed by atoms with Crippen LogP contribution in [0.25, 0.3) is 0 Å². The molecule has 152 valence electrons.